The van der Waals surface area contributed by atoms with Crippen LogP contribution in [-0.2, 0) is 4.79 Å². The van der Waals surface area contributed by atoms with Gasteiger partial charge in [0, 0.05) is 49.8 Å². The molecule has 0 aliphatic carbocycles. The van der Waals surface area contributed by atoms with Gasteiger partial charge in [-0.3, -0.25) is 20.0 Å². The third kappa shape index (κ3) is 4.98. The smallest absolute Gasteiger partial charge is 0.318 e. The second-order valence-electron chi connectivity index (χ2n) is 6.76. The number of aliphatic hydroxyl groups excluding tert-OH is 1. The predicted octanol–water partition coefficient (Wildman–Crippen LogP) is 0.230. The van der Waals surface area contributed by atoms with Crippen molar-refractivity contribution in [2.45, 2.75) is 19.1 Å². The van der Waals surface area contributed by atoms with Crippen molar-refractivity contribution in [3.8, 4) is 11.3 Å². The first kappa shape index (κ1) is 20.5. The van der Waals surface area contributed by atoms with Crippen LogP contribution in [0.3, 0.4) is 0 Å². The second kappa shape index (κ2) is 9.30. The number of carbonyl (C=O) groups is 2. The maximum Gasteiger partial charge on any atom is 0.318 e. The third-order valence-electron chi connectivity index (χ3n) is 4.81. The van der Waals surface area contributed by atoms with Crippen molar-refractivity contribution >= 4 is 17.6 Å². The van der Waals surface area contributed by atoms with E-state index in [9.17, 15) is 14.7 Å². The van der Waals surface area contributed by atoms with Gasteiger partial charge in [-0.1, -0.05) is 12.1 Å². The van der Waals surface area contributed by atoms with Crippen LogP contribution in [0.4, 0.5) is 10.5 Å². The van der Waals surface area contributed by atoms with Crippen LogP contribution in [0.25, 0.3) is 11.3 Å². The molecule has 2 aromatic rings. The van der Waals surface area contributed by atoms with E-state index in [2.05, 4.69) is 20.2 Å². The Morgan fingerprint density at radius 1 is 1.10 bits per heavy atom. The van der Waals surface area contributed by atoms with Crippen molar-refractivity contribution in [1.82, 2.24) is 25.7 Å². The molecule has 10 heteroatoms. The number of urea groups is 1. The van der Waals surface area contributed by atoms with Gasteiger partial charge in [0.05, 0.1) is 18.0 Å². The molecule has 0 saturated carbocycles. The average Bonchev–Trinajstić information content (AvgIpc) is 2.77. The Hall–Kier alpha value is -3.24. The van der Waals surface area contributed by atoms with E-state index in [-0.39, 0.29) is 0 Å². The minimum atomic E-state index is -1.22. The summed E-state index contributed by atoms with van der Waals surface area (Å²) in [5.41, 5.74) is 4.28. The predicted molar refractivity (Wildman–Crippen MR) is 105 cm³/mol. The number of piperazine rings is 1. The van der Waals surface area contributed by atoms with E-state index >= 15 is 0 Å². The Morgan fingerprint density at radius 2 is 1.79 bits per heavy atom. The van der Waals surface area contributed by atoms with Crippen LogP contribution in [0.15, 0.2) is 42.9 Å². The molecule has 1 aliphatic heterocycles. The van der Waals surface area contributed by atoms with Crippen molar-refractivity contribution in [2.24, 2.45) is 0 Å². The number of amides is 3. The quantitative estimate of drug-likeness (QED) is 0.417. The number of aliphatic hydroxyl groups is 1. The van der Waals surface area contributed by atoms with Crippen LogP contribution in [0, 0.1) is 0 Å². The van der Waals surface area contributed by atoms with E-state index in [1.807, 2.05) is 24.3 Å². The number of aromatic nitrogens is 2. The molecular formula is C19H24N6O4. The lowest BCUT2D eigenvalue weighted by atomic mass is 10.1. The van der Waals surface area contributed by atoms with Gasteiger partial charge in [0.2, 0.25) is 0 Å². The molecule has 0 spiro atoms. The molecule has 1 fully saturated rings. The Kier molecular flexibility index (Phi) is 6.57. The van der Waals surface area contributed by atoms with Gasteiger partial charge in [-0.15, -0.1) is 0 Å². The Bertz CT molecular complexity index is 822. The highest BCUT2D eigenvalue weighted by Gasteiger charge is 2.29. The summed E-state index contributed by atoms with van der Waals surface area (Å²) in [5, 5.41) is 20.8. The first-order chi connectivity index (χ1) is 14.0. The number of nitrogens with zero attached hydrogens (tertiary/aromatic N) is 4. The molecule has 2 heterocycles. The van der Waals surface area contributed by atoms with Crippen LogP contribution in [0.1, 0.15) is 6.92 Å². The average molecular weight is 400 g/mol. The van der Waals surface area contributed by atoms with E-state index in [1.54, 1.807) is 23.5 Å². The fraction of sp³-hybridized carbons (Fsp3) is 0.368. The molecule has 1 aromatic heterocycles. The maximum absolute atomic E-state index is 12.4. The molecule has 29 heavy (non-hydrogen) atoms. The number of nitrogens with one attached hydrogen (secondary N) is 2. The highest BCUT2D eigenvalue weighted by molar-refractivity contribution is 5.87. The van der Waals surface area contributed by atoms with Crippen LogP contribution in [0.2, 0.25) is 0 Å². The van der Waals surface area contributed by atoms with Gasteiger partial charge in [0.15, 0.2) is 0 Å². The van der Waals surface area contributed by atoms with Gasteiger partial charge in [-0.2, -0.15) is 0 Å². The molecule has 0 bridgehead atoms. The van der Waals surface area contributed by atoms with E-state index in [4.69, 9.17) is 5.21 Å². The molecule has 0 unspecified atom stereocenters. The molecule has 10 nitrogen and oxygen atoms in total. The number of benzene rings is 1. The molecule has 1 aromatic carbocycles. The van der Waals surface area contributed by atoms with Gasteiger partial charge in [0.25, 0.3) is 5.91 Å². The molecule has 2 atom stereocenters. The number of hydroxylamine groups is 1. The van der Waals surface area contributed by atoms with Gasteiger partial charge in [-0.25, -0.2) is 10.3 Å². The van der Waals surface area contributed by atoms with Gasteiger partial charge in [-0.05, 0) is 19.1 Å². The Morgan fingerprint density at radius 3 is 2.34 bits per heavy atom. The summed E-state index contributed by atoms with van der Waals surface area (Å²) < 4.78 is 0. The second-order valence-corrected chi connectivity index (χ2v) is 6.76. The van der Waals surface area contributed by atoms with E-state index < -0.39 is 24.1 Å². The zero-order valence-electron chi connectivity index (χ0n) is 16.0. The lowest BCUT2D eigenvalue weighted by Crippen LogP contribution is -2.58. The van der Waals surface area contributed by atoms with Crippen molar-refractivity contribution in [1.29, 1.82) is 0 Å². The van der Waals surface area contributed by atoms with Crippen molar-refractivity contribution in [2.75, 3.05) is 31.1 Å². The third-order valence-corrected chi connectivity index (χ3v) is 4.81. The van der Waals surface area contributed by atoms with Gasteiger partial charge < -0.3 is 20.2 Å². The standard InChI is InChI=1S/C19H24N6O4/c1-13(26)17(18(27)23-29)22-19(28)25-10-8-24(9-11-25)15-4-2-14(3-5-15)16-12-20-6-7-21-16/h2-7,12-13,17,26,29H,8-11H2,1H3,(H,22,28)(H,23,27)/t13-,17+/m0/s1. The van der Waals surface area contributed by atoms with Crippen molar-refractivity contribution in [3.63, 3.8) is 0 Å². The number of anilines is 1. The number of hydrogen-bond acceptors (Lipinski definition) is 7. The number of hydrogen-bond donors (Lipinski definition) is 4. The highest BCUT2D eigenvalue weighted by atomic mass is 16.5. The zero-order chi connectivity index (χ0) is 20.8. The van der Waals surface area contributed by atoms with Gasteiger partial charge in [0.1, 0.15) is 6.04 Å². The normalized spacial score (nSPS) is 16.1. The highest BCUT2D eigenvalue weighted by Crippen LogP contribution is 2.22. The van der Waals surface area contributed by atoms with Crippen LogP contribution in [0.5, 0.6) is 0 Å². The minimum Gasteiger partial charge on any atom is -0.391 e. The fourth-order valence-electron chi connectivity index (χ4n) is 3.16. The van der Waals surface area contributed by atoms with E-state index in [0.29, 0.717) is 26.2 Å². The zero-order valence-corrected chi connectivity index (χ0v) is 16.0. The lowest BCUT2D eigenvalue weighted by molar-refractivity contribution is -0.133. The summed E-state index contributed by atoms with van der Waals surface area (Å²) in [5.74, 6) is -0.866. The first-order valence-corrected chi connectivity index (χ1v) is 9.28. The molecule has 4 N–H and O–H groups in total. The van der Waals surface area contributed by atoms with Crippen LogP contribution >= 0.6 is 0 Å². The monoisotopic (exact) mass is 400 g/mol. The number of rotatable bonds is 5. The van der Waals surface area contributed by atoms with Crippen LogP contribution in [-0.4, -0.2) is 75.4 Å². The SMILES string of the molecule is C[C@H](O)[C@@H](NC(=O)N1CCN(c2ccc(-c3cnccn3)cc2)CC1)C(=O)NO. The summed E-state index contributed by atoms with van der Waals surface area (Å²) in [4.78, 5) is 36.1. The lowest BCUT2D eigenvalue weighted by Gasteiger charge is -2.36. The Labute approximate surface area is 168 Å². The summed E-state index contributed by atoms with van der Waals surface area (Å²) in [6.07, 6.45) is 3.86. The molecule has 154 valence electrons. The molecule has 3 amide bonds. The summed E-state index contributed by atoms with van der Waals surface area (Å²) >= 11 is 0. The van der Waals surface area contributed by atoms with Crippen LogP contribution < -0.4 is 15.7 Å². The van der Waals surface area contributed by atoms with Gasteiger partial charge >= 0.3 is 6.03 Å². The Balaban J connectivity index is 1.56. The maximum atomic E-state index is 12.4. The molecule has 0 radical (unpaired) electrons. The summed E-state index contributed by atoms with van der Waals surface area (Å²) in [7, 11) is 0. The summed E-state index contributed by atoms with van der Waals surface area (Å²) in [6.45, 7) is 3.55. The van der Waals surface area contributed by atoms with E-state index in [1.165, 1.54) is 12.4 Å². The fourth-order valence-corrected chi connectivity index (χ4v) is 3.16. The minimum absolute atomic E-state index is 0.461. The molecular weight excluding hydrogens is 376 g/mol. The largest absolute Gasteiger partial charge is 0.391 e. The summed E-state index contributed by atoms with van der Waals surface area (Å²) in [6, 6.07) is 6.30. The molecule has 3 rings (SSSR count). The first-order valence-electron chi connectivity index (χ1n) is 9.28. The van der Waals surface area contributed by atoms with Crippen molar-refractivity contribution < 1.29 is 19.9 Å². The van der Waals surface area contributed by atoms with Crippen molar-refractivity contribution in [3.05, 3.63) is 42.9 Å². The number of carbonyl (C=O) groups excluding carboxylic acids is 2. The molecule has 1 aliphatic rings. The molecule has 1 saturated heterocycles. The van der Waals surface area contributed by atoms with E-state index in [0.717, 1.165) is 16.9 Å². The topological polar surface area (TPSA) is 131 Å².